The zero-order valence-corrected chi connectivity index (χ0v) is 12.8. The summed E-state index contributed by atoms with van der Waals surface area (Å²) in [5.74, 6) is 1.61. The van der Waals surface area contributed by atoms with Gasteiger partial charge in [0.05, 0.1) is 6.61 Å². The van der Waals surface area contributed by atoms with Gasteiger partial charge in [0.15, 0.2) is 11.5 Å². The second-order valence-corrected chi connectivity index (χ2v) is 5.73. The molecule has 0 radical (unpaired) electrons. The summed E-state index contributed by atoms with van der Waals surface area (Å²) in [6.45, 7) is 2.07. The summed E-state index contributed by atoms with van der Waals surface area (Å²) in [4.78, 5) is 0. The second kappa shape index (κ2) is 7.62. The smallest absolute Gasteiger partial charge is 0.387 e. The summed E-state index contributed by atoms with van der Waals surface area (Å²) in [6.07, 6.45) is 5.56. The summed E-state index contributed by atoms with van der Waals surface area (Å²) in [5, 5.41) is 0. The fourth-order valence-corrected chi connectivity index (χ4v) is 2.53. The van der Waals surface area contributed by atoms with E-state index in [0.717, 1.165) is 37.7 Å². The number of rotatable bonds is 9. The Morgan fingerprint density at radius 2 is 1.95 bits per heavy atom. The first-order chi connectivity index (χ1) is 10.1. The molecule has 1 unspecified atom stereocenters. The van der Waals surface area contributed by atoms with Crippen LogP contribution >= 0.6 is 0 Å². The van der Waals surface area contributed by atoms with E-state index in [4.69, 9.17) is 4.74 Å². The molecule has 4 heteroatoms. The quantitative estimate of drug-likeness (QED) is 0.610. The van der Waals surface area contributed by atoms with E-state index < -0.39 is 6.61 Å². The molecule has 1 atom stereocenters. The van der Waals surface area contributed by atoms with Crippen molar-refractivity contribution in [2.24, 2.45) is 5.92 Å². The Morgan fingerprint density at radius 1 is 1.19 bits per heavy atom. The lowest BCUT2D eigenvalue weighted by atomic mass is 9.92. The van der Waals surface area contributed by atoms with Crippen LogP contribution in [0.2, 0.25) is 0 Å². The third-order valence-corrected chi connectivity index (χ3v) is 3.96. The van der Waals surface area contributed by atoms with Gasteiger partial charge in [0, 0.05) is 0 Å². The van der Waals surface area contributed by atoms with E-state index in [1.165, 1.54) is 0 Å². The maximum atomic E-state index is 12.5. The maximum Gasteiger partial charge on any atom is 0.387 e. The van der Waals surface area contributed by atoms with Gasteiger partial charge >= 0.3 is 6.61 Å². The third kappa shape index (κ3) is 4.87. The van der Waals surface area contributed by atoms with E-state index in [2.05, 4.69) is 18.6 Å². The third-order valence-electron chi connectivity index (χ3n) is 3.96. The van der Waals surface area contributed by atoms with Gasteiger partial charge in [0.25, 0.3) is 0 Å². The molecule has 2 nitrogen and oxygen atoms in total. The fourth-order valence-electron chi connectivity index (χ4n) is 2.53. The van der Waals surface area contributed by atoms with Gasteiger partial charge in [-0.3, -0.25) is 0 Å². The van der Waals surface area contributed by atoms with Gasteiger partial charge in [-0.1, -0.05) is 26.3 Å². The van der Waals surface area contributed by atoms with Gasteiger partial charge < -0.3 is 9.47 Å². The molecule has 1 saturated carbocycles. The van der Waals surface area contributed by atoms with Gasteiger partial charge in [0.2, 0.25) is 0 Å². The Labute approximate surface area is 125 Å². The van der Waals surface area contributed by atoms with Crippen LogP contribution in [0.3, 0.4) is 0 Å². The minimum atomic E-state index is -2.82. The van der Waals surface area contributed by atoms with E-state index in [1.54, 1.807) is 6.07 Å². The van der Waals surface area contributed by atoms with Crippen LogP contribution in [0.25, 0.3) is 0 Å². The normalized spacial score (nSPS) is 16.0. The summed E-state index contributed by atoms with van der Waals surface area (Å²) >= 11 is 0. The van der Waals surface area contributed by atoms with E-state index in [-0.39, 0.29) is 5.75 Å². The maximum absolute atomic E-state index is 12.5. The number of halogens is 2. The van der Waals surface area contributed by atoms with Crippen molar-refractivity contribution in [2.75, 3.05) is 6.61 Å². The monoisotopic (exact) mass is 298 g/mol. The van der Waals surface area contributed by atoms with E-state index in [1.807, 2.05) is 12.1 Å². The first-order valence-corrected chi connectivity index (χ1v) is 7.85. The summed E-state index contributed by atoms with van der Waals surface area (Å²) in [6, 6.07) is 5.37. The molecule has 0 N–H and O–H groups in total. The van der Waals surface area contributed by atoms with Crippen LogP contribution in [-0.4, -0.2) is 13.2 Å². The van der Waals surface area contributed by atoms with Crippen molar-refractivity contribution < 1.29 is 18.3 Å². The Hall–Kier alpha value is -1.32. The van der Waals surface area contributed by atoms with Crippen molar-refractivity contribution in [3.8, 4) is 11.5 Å². The van der Waals surface area contributed by atoms with Gasteiger partial charge in [-0.25, -0.2) is 0 Å². The van der Waals surface area contributed by atoms with Gasteiger partial charge in [-0.15, -0.1) is 0 Å². The van der Waals surface area contributed by atoms with Crippen LogP contribution in [0.15, 0.2) is 18.2 Å². The van der Waals surface area contributed by atoms with E-state index in [0.29, 0.717) is 24.2 Å². The van der Waals surface area contributed by atoms with Crippen molar-refractivity contribution in [3.63, 3.8) is 0 Å². The molecule has 0 saturated heterocycles. The molecule has 0 bridgehead atoms. The number of benzene rings is 1. The minimum absolute atomic E-state index is 0.140. The highest BCUT2D eigenvalue weighted by Gasteiger charge is 2.23. The standard InChI is InChI=1S/C17H24F2O2/c1-3-5-13(4-2)14-8-9-15(21-17(18)19)16(10-14)20-11-12-6-7-12/h8-10,12-13,17H,3-7,11H2,1-2H3. The number of ether oxygens (including phenoxy) is 2. The molecule has 0 aromatic heterocycles. The Balaban J connectivity index is 2.16. The highest BCUT2D eigenvalue weighted by atomic mass is 19.3. The molecule has 21 heavy (non-hydrogen) atoms. The number of hydrogen-bond donors (Lipinski definition) is 0. The topological polar surface area (TPSA) is 18.5 Å². The van der Waals surface area contributed by atoms with E-state index in [9.17, 15) is 8.78 Å². The number of alkyl halides is 2. The molecule has 1 aliphatic rings. The summed E-state index contributed by atoms with van der Waals surface area (Å²) in [7, 11) is 0. The lowest BCUT2D eigenvalue weighted by Crippen LogP contribution is -2.07. The second-order valence-electron chi connectivity index (χ2n) is 5.73. The van der Waals surface area contributed by atoms with Gasteiger partial charge in [-0.05, 0) is 55.2 Å². The van der Waals surface area contributed by atoms with Crippen LogP contribution < -0.4 is 9.47 Å². The van der Waals surface area contributed by atoms with Crippen molar-refractivity contribution in [2.45, 2.75) is 58.5 Å². The molecule has 1 aromatic rings. The Bertz CT molecular complexity index is 444. The van der Waals surface area contributed by atoms with Gasteiger partial charge in [-0.2, -0.15) is 8.78 Å². The van der Waals surface area contributed by atoms with Crippen LogP contribution in [0.4, 0.5) is 8.78 Å². The molecule has 0 amide bonds. The Morgan fingerprint density at radius 3 is 2.52 bits per heavy atom. The molecular formula is C17H24F2O2. The fraction of sp³-hybridized carbons (Fsp3) is 0.647. The summed E-state index contributed by atoms with van der Waals surface area (Å²) in [5.41, 5.74) is 1.15. The first-order valence-electron chi connectivity index (χ1n) is 7.85. The van der Waals surface area contributed by atoms with Crippen molar-refractivity contribution in [1.29, 1.82) is 0 Å². The molecule has 0 spiro atoms. The molecule has 0 aliphatic heterocycles. The molecule has 1 fully saturated rings. The average molecular weight is 298 g/mol. The molecule has 2 rings (SSSR count). The molecule has 0 heterocycles. The van der Waals surface area contributed by atoms with Crippen LogP contribution in [-0.2, 0) is 0 Å². The van der Waals surface area contributed by atoms with Crippen LogP contribution in [0, 0.1) is 5.92 Å². The molecule has 1 aromatic carbocycles. The average Bonchev–Trinajstić information content (AvgIpc) is 3.27. The van der Waals surface area contributed by atoms with Crippen molar-refractivity contribution >= 4 is 0 Å². The molecule has 118 valence electrons. The Kier molecular flexibility index (Phi) is 5.83. The van der Waals surface area contributed by atoms with Crippen molar-refractivity contribution in [3.05, 3.63) is 23.8 Å². The first kappa shape index (κ1) is 16.1. The highest BCUT2D eigenvalue weighted by Crippen LogP contribution is 2.36. The van der Waals surface area contributed by atoms with Crippen LogP contribution in [0.5, 0.6) is 11.5 Å². The number of hydrogen-bond acceptors (Lipinski definition) is 2. The predicted molar refractivity (Wildman–Crippen MR) is 79.2 cm³/mol. The van der Waals surface area contributed by atoms with Crippen LogP contribution in [0.1, 0.15) is 57.4 Å². The summed E-state index contributed by atoms with van der Waals surface area (Å²) < 4.78 is 35.2. The minimum Gasteiger partial charge on any atom is -0.489 e. The largest absolute Gasteiger partial charge is 0.489 e. The highest BCUT2D eigenvalue weighted by molar-refractivity contribution is 5.44. The molecular weight excluding hydrogens is 274 g/mol. The zero-order valence-electron chi connectivity index (χ0n) is 12.8. The predicted octanol–water partition coefficient (Wildman–Crippen LogP) is 5.37. The van der Waals surface area contributed by atoms with Gasteiger partial charge in [0.1, 0.15) is 0 Å². The van der Waals surface area contributed by atoms with E-state index >= 15 is 0 Å². The zero-order chi connectivity index (χ0) is 15.2. The lowest BCUT2D eigenvalue weighted by molar-refractivity contribution is -0.0515. The lowest BCUT2D eigenvalue weighted by Gasteiger charge is -2.18. The SMILES string of the molecule is CCCC(CC)c1ccc(OC(F)F)c(OCC2CC2)c1. The van der Waals surface area contributed by atoms with Crippen molar-refractivity contribution in [1.82, 2.24) is 0 Å². The molecule has 1 aliphatic carbocycles.